The Morgan fingerprint density at radius 1 is 0.895 bits per heavy atom. The molecule has 0 radical (unpaired) electrons. The second-order valence-corrected chi connectivity index (χ2v) is 3.83. The van der Waals surface area contributed by atoms with E-state index in [0.717, 1.165) is 18.2 Å². The molecule has 2 rings (SSSR count). The Kier molecular flexibility index (Phi) is 3.74. The second-order valence-electron chi connectivity index (χ2n) is 3.83. The van der Waals surface area contributed by atoms with Crippen LogP contribution in [0.3, 0.4) is 0 Å². The molecule has 0 spiro atoms. The van der Waals surface area contributed by atoms with Gasteiger partial charge in [-0.3, -0.25) is 0 Å². The lowest BCUT2D eigenvalue weighted by Crippen LogP contribution is -1.95. The van der Waals surface area contributed by atoms with Crippen molar-refractivity contribution in [3.8, 4) is 16.9 Å². The topological polar surface area (TPSA) is 9.23 Å². The summed E-state index contributed by atoms with van der Waals surface area (Å²) in [4.78, 5) is 0. The maximum absolute atomic E-state index is 13.8. The van der Waals surface area contributed by atoms with Crippen LogP contribution in [-0.4, -0.2) is 6.61 Å². The van der Waals surface area contributed by atoms with Crippen LogP contribution < -0.4 is 4.74 Å². The van der Waals surface area contributed by atoms with Gasteiger partial charge in [0.1, 0.15) is 11.6 Å². The van der Waals surface area contributed by atoms with E-state index in [0.29, 0.717) is 12.4 Å². The van der Waals surface area contributed by atoms with Crippen LogP contribution in [0.5, 0.6) is 5.75 Å². The number of benzene rings is 2. The summed E-state index contributed by atoms with van der Waals surface area (Å²) < 4.78 is 57.9. The molecule has 19 heavy (non-hydrogen) atoms. The molecular formula is C14H10F4O. The fourth-order valence-corrected chi connectivity index (χ4v) is 1.70. The second kappa shape index (κ2) is 5.30. The van der Waals surface area contributed by atoms with Crippen LogP contribution in [0.1, 0.15) is 6.92 Å². The fraction of sp³-hybridized carbons (Fsp3) is 0.143. The summed E-state index contributed by atoms with van der Waals surface area (Å²) in [5, 5.41) is 0. The van der Waals surface area contributed by atoms with Gasteiger partial charge in [0.2, 0.25) is 0 Å². The highest BCUT2D eigenvalue weighted by Crippen LogP contribution is 2.28. The van der Waals surface area contributed by atoms with Crippen molar-refractivity contribution < 1.29 is 22.3 Å². The molecule has 5 heteroatoms. The van der Waals surface area contributed by atoms with Gasteiger partial charge in [-0.2, -0.15) is 0 Å². The molecule has 0 aliphatic heterocycles. The third kappa shape index (κ3) is 2.70. The Hall–Kier alpha value is -2.04. The number of halogens is 4. The smallest absolute Gasteiger partial charge is 0.194 e. The summed E-state index contributed by atoms with van der Waals surface area (Å²) in [7, 11) is 0. The average Bonchev–Trinajstić information content (AvgIpc) is 2.36. The summed E-state index contributed by atoms with van der Waals surface area (Å²) >= 11 is 0. The molecular weight excluding hydrogens is 260 g/mol. The Morgan fingerprint density at radius 3 is 2.05 bits per heavy atom. The molecule has 100 valence electrons. The first kappa shape index (κ1) is 13.4. The SMILES string of the molecule is CCOc1ccc(-c2cc(F)c(F)c(F)c2)c(F)c1. The highest BCUT2D eigenvalue weighted by molar-refractivity contribution is 5.65. The van der Waals surface area contributed by atoms with Crippen LogP contribution in [0.15, 0.2) is 30.3 Å². The van der Waals surface area contributed by atoms with Crippen LogP contribution in [0.4, 0.5) is 17.6 Å². The molecule has 0 saturated carbocycles. The van der Waals surface area contributed by atoms with Crippen molar-refractivity contribution in [1.29, 1.82) is 0 Å². The number of rotatable bonds is 3. The number of hydrogen-bond donors (Lipinski definition) is 0. The highest BCUT2D eigenvalue weighted by atomic mass is 19.2. The molecule has 0 fully saturated rings. The summed E-state index contributed by atoms with van der Waals surface area (Å²) in [6, 6.07) is 5.40. The zero-order valence-electron chi connectivity index (χ0n) is 10.0. The van der Waals surface area contributed by atoms with E-state index in [1.807, 2.05) is 0 Å². The summed E-state index contributed by atoms with van der Waals surface area (Å²) in [6.07, 6.45) is 0. The van der Waals surface area contributed by atoms with Gasteiger partial charge < -0.3 is 4.74 Å². The van der Waals surface area contributed by atoms with Gasteiger partial charge in [-0.25, -0.2) is 17.6 Å². The Balaban J connectivity index is 2.47. The van der Waals surface area contributed by atoms with Gasteiger partial charge >= 0.3 is 0 Å². The first-order valence-corrected chi connectivity index (χ1v) is 5.60. The summed E-state index contributed by atoms with van der Waals surface area (Å²) in [5.74, 6) is -4.68. The minimum atomic E-state index is -1.57. The zero-order valence-corrected chi connectivity index (χ0v) is 10.0. The first-order chi connectivity index (χ1) is 9.02. The van der Waals surface area contributed by atoms with Gasteiger partial charge in [0, 0.05) is 11.6 Å². The lowest BCUT2D eigenvalue weighted by Gasteiger charge is -2.08. The zero-order chi connectivity index (χ0) is 14.0. The van der Waals surface area contributed by atoms with Crippen molar-refractivity contribution in [3.05, 3.63) is 53.6 Å². The average molecular weight is 270 g/mol. The molecule has 0 amide bonds. The molecule has 2 aromatic rings. The summed E-state index contributed by atoms with van der Waals surface area (Å²) in [5.41, 5.74) is -0.0989. The van der Waals surface area contributed by atoms with Gasteiger partial charge in [-0.05, 0) is 36.8 Å². The van der Waals surface area contributed by atoms with Crippen LogP contribution in [0.25, 0.3) is 11.1 Å². The van der Waals surface area contributed by atoms with Crippen molar-refractivity contribution >= 4 is 0 Å². The van der Waals surface area contributed by atoms with Gasteiger partial charge in [0.25, 0.3) is 0 Å². The van der Waals surface area contributed by atoms with E-state index in [-0.39, 0.29) is 11.1 Å². The Labute approximate surface area is 107 Å². The maximum Gasteiger partial charge on any atom is 0.194 e. The first-order valence-electron chi connectivity index (χ1n) is 5.60. The lowest BCUT2D eigenvalue weighted by atomic mass is 10.0. The third-order valence-corrected chi connectivity index (χ3v) is 2.55. The van der Waals surface area contributed by atoms with Gasteiger partial charge in [-0.15, -0.1) is 0 Å². The molecule has 0 heterocycles. The van der Waals surface area contributed by atoms with Crippen molar-refractivity contribution in [1.82, 2.24) is 0 Å². The number of ether oxygens (including phenoxy) is 1. The normalized spacial score (nSPS) is 10.6. The quantitative estimate of drug-likeness (QED) is 0.596. The molecule has 0 unspecified atom stereocenters. The van der Waals surface area contributed by atoms with E-state index in [1.54, 1.807) is 6.92 Å². The van der Waals surface area contributed by atoms with E-state index < -0.39 is 23.3 Å². The van der Waals surface area contributed by atoms with Crippen LogP contribution in [0, 0.1) is 23.3 Å². The minimum absolute atomic E-state index is 0.0266. The van der Waals surface area contributed by atoms with Crippen molar-refractivity contribution in [3.63, 3.8) is 0 Å². The number of hydrogen-bond acceptors (Lipinski definition) is 1. The van der Waals surface area contributed by atoms with Crippen LogP contribution in [0.2, 0.25) is 0 Å². The molecule has 0 aliphatic carbocycles. The molecule has 0 N–H and O–H groups in total. The largest absolute Gasteiger partial charge is 0.494 e. The fourth-order valence-electron chi connectivity index (χ4n) is 1.70. The predicted octanol–water partition coefficient (Wildman–Crippen LogP) is 4.31. The molecule has 0 bridgehead atoms. The standard InChI is InChI=1S/C14H10F4O/c1-2-19-9-3-4-10(11(15)7-9)8-5-12(16)14(18)13(17)6-8/h3-7H,2H2,1H3. The van der Waals surface area contributed by atoms with Gasteiger partial charge in [-0.1, -0.05) is 0 Å². The maximum atomic E-state index is 13.8. The van der Waals surface area contributed by atoms with Crippen LogP contribution in [-0.2, 0) is 0 Å². The van der Waals surface area contributed by atoms with E-state index in [1.165, 1.54) is 12.1 Å². The predicted molar refractivity (Wildman–Crippen MR) is 62.9 cm³/mol. The van der Waals surface area contributed by atoms with E-state index in [4.69, 9.17) is 4.74 Å². The van der Waals surface area contributed by atoms with Crippen molar-refractivity contribution in [2.45, 2.75) is 6.92 Å². The van der Waals surface area contributed by atoms with Crippen LogP contribution >= 0.6 is 0 Å². The molecule has 0 saturated heterocycles. The Bertz CT molecular complexity index is 587. The van der Waals surface area contributed by atoms with Gasteiger partial charge in [0.05, 0.1) is 6.61 Å². The molecule has 1 nitrogen and oxygen atoms in total. The third-order valence-electron chi connectivity index (χ3n) is 2.55. The van der Waals surface area contributed by atoms with E-state index in [9.17, 15) is 17.6 Å². The Morgan fingerprint density at radius 2 is 1.53 bits per heavy atom. The van der Waals surface area contributed by atoms with E-state index >= 15 is 0 Å². The molecule has 0 atom stereocenters. The minimum Gasteiger partial charge on any atom is -0.494 e. The molecule has 2 aromatic carbocycles. The molecule has 0 aliphatic rings. The van der Waals surface area contributed by atoms with Crippen molar-refractivity contribution in [2.24, 2.45) is 0 Å². The monoisotopic (exact) mass is 270 g/mol. The lowest BCUT2D eigenvalue weighted by molar-refractivity contribution is 0.338. The van der Waals surface area contributed by atoms with Crippen molar-refractivity contribution in [2.75, 3.05) is 6.61 Å². The van der Waals surface area contributed by atoms with Gasteiger partial charge in [0.15, 0.2) is 17.5 Å². The molecule has 0 aromatic heterocycles. The summed E-state index contributed by atoms with van der Waals surface area (Å²) in [6.45, 7) is 2.12. The van der Waals surface area contributed by atoms with E-state index in [2.05, 4.69) is 0 Å². The highest BCUT2D eigenvalue weighted by Gasteiger charge is 2.14.